The highest BCUT2D eigenvalue weighted by atomic mass is 79.9. The average Bonchev–Trinajstić information content (AvgIpc) is 3.15. The van der Waals surface area contributed by atoms with Crippen LogP contribution in [0.2, 0.25) is 0 Å². The number of rotatable bonds is 2. The lowest BCUT2D eigenvalue weighted by Crippen LogP contribution is -2.13. The number of halogens is 2. The molecule has 3 nitrogen and oxygen atoms in total. The minimum atomic E-state index is -0.325. The molecule has 2 aromatic rings. The van der Waals surface area contributed by atoms with Gasteiger partial charge in [-0.25, -0.2) is 9.37 Å². The van der Waals surface area contributed by atoms with Crippen molar-refractivity contribution in [2.75, 3.05) is 0 Å². The van der Waals surface area contributed by atoms with Gasteiger partial charge in [-0.05, 0) is 59.5 Å². The minimum Gasteiger partial charge on any atom is -0.306 e. The molecule has 0 amide bonds. The predicted octanol–water partition coefficient (Wildman–Crippen LogP) is 3.52. The van der Waals surface area contributed by atoms with Crippen molar-refractivity contribution in [1.29, 1.82) is 0 Å². The molecule has 1 saturated carbocycles. The summed E-state index contributed by atoms with van der Waals surface area (Å²) in [5.41, 5.74) is 1.96. The smallest absolute Gasteiger partial charge is 0.265 e. The first kappa shape index (κ1) is 12.5. The Kier molecular flexibility index (Phi) is 3.01. The molecule has 5 heteroatoms. The molecule has 1 fully saturated rings. The van der Waals surface area contributed by atoms with Crippen LogP contribution in [0.4, 0.5) is 4.39 Å². The van der Waals surface area contributed by atoms with Gasteiger partial charge in [-0.2, -0.15) is 0 Å². The summed E-state index contributed by atoms with van der Waals surface area (Å²) in [5, 5.41) is 0. The Morgan fingerprint density at radius 3 is 2.74 bits per heavy atom. The molecule has 0 saturated heterocycles. The molecule has 0 spiro atoms. The first-order valence-electron chi connectivity index (χ1n) is 6.12. The second-order valence-corrected chi connectivity index (χ2v) is 5.70. The number of aryl methyl sites for hydroxylation is 1. The van der Waals surface area contributed by atoms with E-state index in [1.165, 1.54) is 12.1 Å². The highest BCUT2D eigenvalue weighted by Crippen LogP contribution is 2.41. The predicted molar refractivity (Wildman–Crippen MR) is 74.7 cm³/mol. The largest absolute Gasteiger partial charge is 0.306 e. The molecule has 98 valence electrons. The van der Waals surface area contributed by atoms with E-state index < -0.39 is 0 Å². The van der Waals surface area contributed by atoms with E-state index in [4.69, 9.17) is 0 Å². The van der Waals surface area contributed by atoms with Gasteiger partial charge < -0.3 is 4.98 Å². The Hall–Kier alpha value is -1.49. The Bertz CT molecular complexity index is 687. The minimum absolute atomic E-state index is 0.214. The van der Waals surface area contributed by atoms with Crippen molar-refractivity contribution in [3.63, 3.8) is 0 Å². The molecule has 1 N–H and O–H groups in total. The summed E-state index contributed by atoms with van der Waals surface area (Å²) < 4.78 is 13.9. The summed E-state index contributed by atoms with van der Waals surface area (Å²) >= 11 is 3.28. The van der Waals surface area contributed by atoms with E-state index in [2.05, 4.69) is 25.9 Å². The topological polar surface area (TPSA) is 45.8 Å². The second kappa shape index (κ2) is 4.56. The fourth-order valence-corrected chi connectivity index (χ4v) is 2.62. The standard InChI is InChI=1S/C14H12BrFN2O/c1-7-4-9(6-10(16)5-7)13-17-12(8-2-3-8)11(15)14(19)18-13/h4-6,8H,2-3H2,1H3,(H,17,18,19). The van der Waals surface area contributed by atoms with Crippen LogP contribution in [0.5, 0.6) is 0 Å². The summed E-state index contributed by atoms with van der Waals surface area (Å²) in [6, 6.07) is 4.64. The van der Waals surface area contributed by atoms with E-state index in [-0.39, 0.29) is 11.4 Å². The molecule has 19 heavy (non-hydrogen) atoms. The molecule has 0 aliphatic heterocycles. The molecule has 0 unspecified atom stereocenters. The molecular weight excluding hydrogens is 311 g/mol. The van der Waals surface area contributed by atoms with Crippen LogP contribution in [0.25, 0.3) is 11.4 Å². The zero-order valence-corrected chi connectivity index (χ0v) is 11.9. The number of nitrogens with one attached hydrogen (secondary N) is 1. The monoisotopic (exact) mass is 322 g/mol. The van der Waals surface area contributed by atoms with Gasteiger partial charge in [-0.15, -0.1) is 0 Å². The zero-order chi connectivity index (χ0) is 13.6. The fourth-order valence-electron chi connectivity index (χ4n) is 2.11. The van der Waals surface area contributed by atoms with E-state index in [0.29, 0.717) is 21.8 Å². The number of hydrogen-bond acceptors (Lipinski definition) is 2. The van der Waals surface area contributed by atoms with Crippen molar-refractivity contribution < 1.29 is 4.39 Å². The molecule has 0 atom stereocenters. The van der Waals surface area contributed by atoms with Gasteiger partial charge in [0.2, 0.25) is 0 Å². The van der Waals surface area contributed by atoms with E-state index in [1.54, 1.807) is 0 Å². The summed E-state index contributed by atoms with van der Waals surface area (Å²) in [6.45, 7) is 1.81. The Morgan fingerprint density at radius 2 is 2.11 bits per heavy atom. The first-order chi connectivity index (χ1) is 9.04. The van der Waals surface area contributed by atoms with E-state index in [0.717, 1.165) is 24.1 Å². The number of aromatic nitrogens is 2. The molecule has 0 bridgehead atoms. The SMILES string of the molecule is Cc1cc(F)cc(-c2nc(C3CC3)c(Br)c(=O)[nH]2)c1. The van der Waals surface area contributed by atoms with Gasteiger partial charge in [0.1, 0.15) is 16.1 Å². The van der Waals surface area contributed by atoms with E-state index >= 15 is 0 Å². The van der Waals surface area contributed by atoms with Crippen LogP contribution in [0, 0.1) is 12.7 Å². The van der Waals surface area contributed by atoms with Crippen LogP contribution in [0.15, 0.2) is 27.5 Å². The lowest BCUT2D eigenvalue weighted by molar-refractivity contribution is 0.627. The second-order valence-electron chi connectivity index (χ2n) is 4.91. The lowest BCUT2D eigenvalue weighted by atomic mass is 10.1. The summed E-state index contributed by atoms with van der Waals surface area (Å²) in [4.78, 5) is 19.1. The third-order valence-corrected chi connectivity index (χ3v) is 3.93. The molecule has 1 aliphatic carbocycles. The van der Waals surface area contributed by atoms with E-state index in [9.17, 15) is 9.18 Å². The van der Waals surface area contributed by atoms with Crippen LogP contribution >= 0.6 is 15.9 Å². The molecule has 0 radical (unpaired) electrons. The lowest BCUT2D eigenvalue weighted by Gasteiger charge is -2.07. The van der Waals surface area contributed by atoms with Crippen LogP contribution in [-0.2, 0) is 0 Å². The third-order valence-electron chi connectivity index (χ3n) is 3.17. The van der Waals surface area contributed by atoms with Crippen molar-refractivity contribution >= 4 is 15.9 Å². The highest BCUT2D eigenvalue weighted by molar-refractivity contribution is 9.10. The van der Waals surface area contributed by atoms with Gasteiger partial charge in [-0.1, -0.05) is 0 Å². The first-order valence-corrected chi connectivity index (χ1v) is 6.91. The van der Waals surface area contributed by atoms with Crippen LogP contribution in [0.3, 0.4) is 0 Å². The fraction of sp³-hybridized carbons (Fsp3) is 0.286. The average molecular weight is 323 g/mol. The van der Waals surface area contributed by atoms with Crippen molar-refractivity contribution in [3.8, 4) is 11.4 Å². The number of H-pyrrole nitrogens is 1. The maximum atomic E-state index is 13.4. The number of nitrogens with zero attached hydrogens (tertiary/aromatic N) is 1. The maximum Gasteiger partial charge on any atom is 0.265 e. The van der Waals surface area contributed by atoms with Gasteiger partial charge in [0.25, 0.3) is 5.56 Å². The molecule has 1 heterocycles. The molecule has 3 rings (SSSR count). The number of hydrogen-bond donors (Lipinski definition) is 1. The van der Waals surface area contributed by atoms with Crippen LogP contribution in [-0.4, -0.2) is 9.97 Å². The number of aromatic amines is 1. The van der Waals surface area contributed by atoms with Crippen molar-refractivity contribution in [2.24, 2.45) is 0 Å². The van der Waals surface area contributed by atoms with Gasteiger partial charge in [0.05, 0.1) is 5.69 Å². The molecule has 1 aromatic heterocycles. The van der Waals surface area contributed by atoms with Gasteiger partial charge >= 0.3 is 0 Å². The maximum absolute atomic E-state index is 13.4. The third kappa shape index (κ3) is 2.47. The van der Waals surface area contributed by atoms with Gasteiger partial charge in [0.15, 0.2) is 0 Å². The van der Waals surface area contributed by atoms with Crippen molar-refractivity contribution in [1.82, 2.24) is 9.97 Å². The molecule has 1 aromatic carbocycles. The van der Waals surface area contributed by atoms with Crippen LogP contribution < -0.4 is 5.56 Å². The highest BCUT2D eigenvalue weighted by Gasteiger charge is 2.29. The van der Waals surface area contributed by atoms with Crippen molar-refractivity contribution in [3.05, 3.63) is 50.1 Å². The normalized spacial score (nSPS) is 14.7. The van der Waals surface area contributed by atoms with Gasteiger partial charge in [0, 0.05) is 11.5 Å². The van der Waals surface area contributed by atoms with Crippen LogP contribution in [0.1, 0.15) is 30.0 Å². The quantitative estimate of drug-likeness (QED) is 0.919. The molecule has 1 aliphatic rings. The van der Waals surface area contributed by atoms with E-state index in [1.807, 2.05) is 13.0 Å². The van der Waals surface area contributed by atoms with Crippen molar-refractivity contribution in [2.45, 2.75) is 25.7 Å². The Labute approximate surface area is 118 Å². The summed E-state index contributed by atoms with van der Waals surface area (Å²) in [7, 11) is 0. The summed E-state index contributed by atoms with van der Waals surface area (Å²) in [5.74, 6) is 0.455. The summed E-state index contributed by atoms with van der Waals surface area (Å²) in [6.07, 6.45) is 2.10. The Balaban J connectivity index is 2.17. The number of benzene rings is 1. The molecular formula is C14H12BrFN2O. The zero-order valence-electron chi connectivity index (χ0n) is 10.3. The van der Waals surface area contributed by atoms with Gasteiger partial charge in [-0.3, -0.25) is 4.79 Å². The Morgan fingerprint density at radius 1 is 1.37 bits per heavy atom.